The van der Waals surface area contributed by atoms with Crippen LogP contribution in [0, 0.1) is 5.92 Å². The van der Waals surface area contributed by atoms with Crippen molar-refractivity contribution in [2.24, 2.45) is 5.92 Å². The number of nitrogen functional groups attached to an aromatic ring is 1. The molecule has 0 aromatic carbocycles. The summed E-state index contributed by atoms with van der Waals surface area (Å²) in [5.41, 5.74) is 6.04. The molecule has 6 nitrogen and oxygen atoms in total. The number of anilines is 1. The predicted molar refractivity (Wildman–Crippen MR) is 64.6 cm³/mol. The summed E-state index contributed by atoms with van der Waals surface area (Å²) in [6.07, 6.45) is 0.115. The Bertz CT molecular complexity index is 419. The van der Waals surface area contributed by atoms with Crippen LogP contribution in [0.5, 0.6) is 0 Å². The zero-order valence-electron chi connectivity index (χ0n) is 9.64. The normalized spacial score (nSPS) is 14.0. The van der Waals surface area contributed by atoms with E-state index in [2.05, 4.69) is 10.3 Å². The Labute approximate surface area is 103 Å². The van der Waals surface area contributed by atoms with Crippen molar-refractivity contribution in [2.75, 3.05) is 5.73 Å². The highest BCUT2D eigenvalue weighted by atomic mass is 32.1. The molecule has 94 valence electrons. The van der Waals surface area contributed by atoms with Gasteiger partial charge in [0.1, 0.15) is 0 Å². The Morgan fingerprint density at radius 1 is 1.59 bits per heavy atom. The quantitative estimate of drug-likeness (QED) is 0.712. The summed E-state index contributed by atoms with van der Waals surface area (Å²) < 4.78 is 0. The number of nitrogens with two attached hydrogens (primary N) is 1. The van der Waals surface area contributed by atoms with E-state index in [0.717, 1.165) is 0 Å². The average molecular weight is 257 g/mol. The van der Waals surface area contributed by atoms with Crippen LogP contribution in [0.1, 0.15) is 19.5 Å². The number of rotatable bonds is 5. The van der Waals surface area contributed by atoms with Gasteiger partial charge < -0.3 is 16.2 Å². The second kappa shape index (κ2) is 5.62. The maximum Gasteiger partial charge on any atom is 0.308 e. The molecule has 0 saturated heterocycles. The fraction of sp³-hybridized carbons (Fsp3) is 0.500. The van der Waals surface area contributed by atoms with E-state index in [-0.39, 0.29) is 12.3 Å². The topological polar surface area (TPSA) is 105 Å². The summed E-state index contributed by atoms with van der Waals surface area (Å²) in [5.74, 6) is -1.81. The molecule has 0 aliphatic rings. The van der Waals surface area contributed by atoms with Gasteiger partial charge in [0.25, 0.3) is 0 Å². The first-order chi connectivity index (χ1) is 7.90. The number of aromatic nitrogens is 1. The summed E-state index contributed by atoms with van der Waals surface area (Å²) in [6.45, 7) is 3.21. The van der Waals surface area contributed by atoms with Crippen LogP contribution in [0.4, 0.5) is 5.13 Å². The summed E-state index contributed by atoms with van der Waals surface area (Å²) in [7, 11) is 0. The van der Waals surface area contributed by atoms with Gasteiger partial charge in [-0.05, 0) is 13.8 Å². The van der Waals surface area contributed by atoms with E-state index in [1.54, 1.807) is 19.2 Å². The van der Waals surface area contributed by atoms with Crippen LogP contribution in [-0.2, 0) is 16.0 Å². The number of carbonyl (C=O) groups is 2. The number of carbonyl (C=O) groups excluding carboxylic acids is 1. The number of nitrogens with one attached hydrogen (secondary N) is 1. The molecular formula is C10H15N3O3S. The SMILES string of the molecule is CC(NC(=O)Cc1csc(N)n1)C(C)C(=O)O. The maximum absolute atomic E-state index is 11.6. The van der Waals surface area contributed by atoms with Crippen molar-refractivity contribution in [1.82, 2.24) is 10.3 Å². The van der Waals surface area contributed by atoms with Crippen molar-refractivity contribution >= 4 is 28.3 Å². The lowest BCUT2D eigenvalue weighted by molar-refractivity contribution is -0.142. The van der Waals surface area contributed by atoms with Gasteiger partial charge in [-0.25, -0.2) is 4.98 Å². The number of carboxylic acids is 1. The fourth-order valence-electron chi connectivity index (χ4n) is 1.21. The largest absolute Gasteiger partial charge is 0.481 e. The minimum atomic E-state index is -0.935. The molecule has 0 bridgehead atoms. The van der Waals surface area contributed by atoms with Crippen molar-refractivity contribution in [3.05, 3.63) is 11.1 Å². The van der Waals surface area contributed by atoms with E-state index in [1.165, 1.54) is 11.3 Å². The smallest absolute Gasteiger partial charge is 0.308 e. The van der Waals surface area contributed by atoms with Gasteiger partial charge in [-0.3, -0.25) is 9.59 Å². The Morgan fingerprint density at radius 2 is 2.24 bits per heavy atom. The second-order valence-electron chi connectivity index (χ2n) is 3.84. The molecule has 0 aliphatic carbocycles. The lowest BCUT2D eigenvalue weighted by atomic mass is 10.0. The van der Waals surface area contributed by atoms with E-state index in [4.69, 9.17) is 10.8 Å². The second-order valence-corrected chi connectivity index (χ2v) is 4.73. The van der Waals surface area contributed by atoms with E-state index in [9.17, 15) is 9.59 Å². The molecule has 1 rings (SSSR count). The van der Waals surface area contributed by atoms with E-state index < -0.39 is 17.9 Å². The number of amides is 1. The fourth-order valence-corrected chi connectivity index (χ4v) is 1.77. The van der Waals surface area contributed by atoms with Gasteiger partial charge >= 0.3 is 5.97 Å². The predicted octanol–water partition coefficient (Wildman–Crippen LogP) is 0.493. The van der Waals surface area contributed by atoms with Gasteiger partial charge in [0.15, 0.2) is 5.13 Å². The Morgan fingerprint density at radius 3 is 2.71 bits per heavy atom. The minimum Gasteiger partial charge on any atom is -0.481 e. The molecule has 0 radical (unpaired) electrons. The van der Waals surface area contributed by atoms with Crippen LogP contribution in [0.3, 0.4) is 0 Å². The highest BCUT2D eigenvalue weighted by Crippen LogP contribution is 2.11. The van der Waals surface area contributed by atoms with Gasteiger partial charge in [0, 0.05) is 11.4 Å². The third kappa shape index (κ3) is 4.03. The zero-order chi connectivity index (χ0) is 13.0. The molecule has 1 amide bonds. The highest BCUT2D eigenvalue weighted by molar-refractivity contribution is 7.13. The Balaban J connectivity index is 2.47. The molecular weight excluding hydrogens is 242 g/mol. The van der Waals surface area contributed by atoms with Crippen molar-refractivity contribution in [3.8, 4) is 0 Å². The monoisotopic (exact) mass is 257 g/mol. The van der Waals surface area contributed by atoms with Crippen LogP contribution in [-0.4, -0.2) is 28.0 Å². The molecule has 1 heterocycles. The third-order valence-corrected chi connectivity index (χ3v) is 3.16. The maximum atomic E-state index is 11.6. The molecule has 17 heavy (non-hydrogen) atoms. The first kappa shape index (κ1) is 13.4. The number of aliphatic carboxylic acids is 1. The van der Waals surface area contributed by atoms with E-state index >= 15 is 0 Å². The molecule has 2 unspecified atom stereocenters. The van der Waals surface area contributed by atoms with E-state index in [1.807, 2.05) is 0 Å². The summed E-state index contributed by atoms with van der Waals surface area (Å²) in [4.78, 5) is 26.2. The minimum absolute atomic E-state index is 0.115. The van der Waals surface area contributed by atoms with E-state index in [0.29, 0.717) is 10.8 Å². The number of hydrogen-bond donors (Lipinski definition) is 3. The lowest BCUT2D eigenvalue weighted by Crippen LogP contribution is -2.40. The van der Waals surface area contributed by atoms with Crippen LogP contribution in [0.15, 0.2) is 5.38 Å². The molecule has 7 heteroatoms. The van der Waals surface area contributed by atoms with Crippen molar-refractivity contribution < 1.29 is 14.7 Å². The van der Waals surface area contributed by atoms with Crippen molar-refractivity contribution in [2.45, 2.75) is 26.3 Å². The van der Waals surface area contributed by atoms with Gasteiger partial charge in [0.2, 0.25) is 5.91 Å². The lowest BCUT2D eigenvalue weighted by Gasteiger charge is -2.17. The van der Waals surface area contributed by atoms with Crippen LogP contribution < -0.4 is 11.1 Å². The van der Waals surface area contributed by atoms with Gasteiger partial charge in [-0.2, -0.15) is 0 Å². The zero-order valence-corrected chi connectivity index (χ0v) is 10.5. The number of nitrogens with zero attached hydrogens (tertiary/aromatic N) is 1. The van der Waals surface area contributed by atoms with Crippen molar-refractivity contribution in [3.63, 3.8) is 0 Å². The summed E-state index contributed by atoms with van der Waals surface area (Å²) in [6, 6.07) is -0.420. The van der Waals surface area contributed by atoms with Gasteiger partial charge in [0.05, 0.1) is 18.0 Å². The summed E-state index contributed by atoms with van der Waals surface area (Å²) >= 11 is 1.27. The first-order valence-electron chi connectivity index (χ1n) is 5.12. The first-order valence-corrected chi connectivity index (χ1v) is 6.00. The molecule has 0 aliphatic heterocycles. The molecule has 0 saturated carbocycles. The molecule has 0 fully saturated rings. The highest BCUT2D eigenvalue weighted by Gasteiger charge is 2.21. The average Bonchev–Trinajstić information content (AvgIpc) is 2.62. The third-order valence-electron chi connectivity index (χ3n) is 2.44. The number of carboxylic acid groups (broad SMARTS) is 1. The van der Waals surface area contributed by atoms with Crippen LogP contribution >= 0.6 is 11.3 Å². The van der Waals surface area contributed by atoms with Crippen LogP contribution in [0.25, 0.3) is 0 Å². The van der Waals surface area contributed by atoms with Crippen LogP contribution in [0.2, 0.25) is 0 Å². The molecule has 4 N–H and O–H groups in total. The Kier molecular flexibility index (Phi) is 4.45. The molecule has 0 spiro atoms. The standard InChI is InChI=1S/C10H15N3O3S/c1-5(9(15)16)6(2)12-8(14)3-7-4-17-10(11)13-7/h4-6H,3H2,1-2H3,(H2,11,13)(H,12,14)(H,15,16). The molecule has 1 aromatic heterocycles. The van der Waals surface area contributed by atoms with Gasteiger partial charge in [-0.1, -0.05) is 0 Å². The Hall–Kier alpha value is -1.63. The molecule has 2 atom stereocenters. The van der Waals surface area contributed by atoms with Gasteiger partial charge in [-0.15, -0.1) is 11.3 Å². The number of hydrogen-bond acceptors (Lipinski definition) is 5. The molecule has 1 aromatic rings. The number of thiazole rings is 1. The summed E-state index contributed by atoms with van der Waals surface area (Å²) in [5, 5.41) is 13.5. The van der Waals surface area contributed by atoms with Crippen molar-refractivity contribution in [1.29, 1.82) is 0 Å².